The van der Waals surface area contributed by atoms with E-state index < -0.39 is 0 Å². The van der Waals surface area contributed by atoms with Crippen LogP contribution in [0.5, 0.6) is 5.75 Å². The fourth-order valence-corrected chi connectivity index (χ4v) is 1.83. The van der Waals surface area contributed by atoms with Gasteiger partial charge in [-0.05, 0) is 25.0 Å². The summed E-state index contributed by atoms with van der Waals surface area (Å²) in [6.07, 6.45) is 1.85. The van der Waals surface area contributed by atoms with E-state index in [-0.39, 0.29) is 0 Å². The Morgan fingerprint density at radius 3 is 2.61 bits per heavy atom. The van der Waals surface area contributed by atoms with Crippen molar-refractivity contribution in [3.8, 4) is 17.0 Å². The molecule has 0 amide bonds. The van der Waals surface area contributed by atoms with Crippen LogP contribution in [-0.2, 0) is 0 Å². The lowest BCUT2D eigenvalue weighted by Crippen LogP contribution is -1.99. The molecular formula is C15H18N2O. The molecule has 2 aromatic rings. The van der Waals surface area contributed by atoms with Crippen LogP contribution in [0.25, 0.3) is 11.3 Å². The van der Waals surface area contributed by atoms with Gasteiger partial charge < -0.3 is 4.74 Å². The number of aryl methyl sites for hydroxylation is 1. The molecule has 0 fully saturated rings. The van der Waals surface area contributed by atoms with Gasteiger partial charge >= 0.3 is 0 Å². The molecular weight excluding hydrogens is 224 g/mol. The van der Waals surface area contributed by atoms with Gasteiger partial charge in [0, 0.05) is 11.8 Å². The molecule has 1 aromatic carbocycles. The summed E-state index contributed by atoms with van der Waals surface area (Å²) in [6.45, 7) is 6.23. The zero-order valence-corrected chi connectivity index (χ0v) is 11.3. The quantitative estimate of drug-likeness (QED) is 0.825. The fourth-order valence-electron chi connectivity index (χ4n) is 1.83. The maximum absolute atomic E-state index is 5.23. The normalized spacial score (nSPS) is 10.7. The lowest BCUT2D eigenvalue weighted by molar-refractivity contribution is 0.415. The summed E-state index contributed by atoms with van der Waals surface area (Å²) >= 11 is 0. The third-order valence-electron chi connectivity index (χ3n) is 2.90. The van der Waals surface area contributed by atoms with Crippen LogP contribution in [0, 0.1) is 6.92 Å². The summed E-state index contributed by atoms with van der Waals surface area (Å²) in [5, 5.41) is 0. The molecule has 2 rings (SSSR count). The molecule has 0 saturated heterocycles. The first kappa shape index (κ1) is 12.6. The van der Waals surface area contributed by atoms with Gasteiger partial charge in [0.15, 0.2) is 0 Å². The second kappa shape index (κ2) is 5.17. The molecule has 1 aromatic heterocycles. The highest BCUT2D eigenvalue weighted by atomic mass is 16.5. The average Bonchev–Trinajstić information content (AvgIpc) is 2.38. The van der Waals surface area contributed by atoms with Crippen LogP contribution in [0.1, 0.15) is 31.2 Å². The second-order valence-corrected chi connectivity index (χ2v) is 4.62. The Labute approximate surface area is 108 Å². The van der Waals surface area contributed by atoms with Gasteiger partial charge in [-0.1, -0.05) is 26.0 Å². The van der Waals surface area contributed by atoms with Crippen LogP contribution in [-0.4, -0.2) is 17.1 Å². The number of rotatable bonds is 3. The largest absolute Gasteiger partial charge is 0.497 e. The Morgan fingerprint density at radius 1 is 1.22 bits per heavy atom. The second-order valence-electron chi connectivity index (χ2n) is 4.62. The van der Waals surface area contributed by atoms with Gasteiger partial charge in [-0.25, -0.2) is 0 Å². The molecule has 0 radical (unpaired) electrons. The van der Waals surface area contributed by atoms with Gasteiger partial charge in [-0.3, -0.25) is 9.97 Å². The van der Waals surface area contributed by atoms with E-state index in [1.54, 1.807) is 7.11 Å². The standard InChI is InChI=1S/C15H18N2O/c1-10(2)14-9-16-15(11(3)17-14)12-6-5-7-13(8-12)18-4/h5-10H,1-4H3. The SMILES string of the molecule is COc1cccc(-c2ncc(C(C)C)nc2C)c1. The number of ether oxygens (including phenoxy) is 1. The van der Waals surface area contributed by atoms with E-state index in [0.717, 1.165) is 28.4 Å². The molecule has 0 unspecified atom stereocenters. The van der Waals surface area contributed by atoms with Crippen LogP contribution in [0.4, 0.5) is 0 Å². The first-order chi connectivity index (χ1) is 8.61. The smallest absolute Gasteiger partial charge is 0.119 e. The lowest BCUT2D eigenvalue weighted by atomic mass is 10.1. The topological polar surface area (TPSA) is 35.0 Å². The maximum Gasteiger partial charge on any atom is 0.119 e. The molecule has 3 heteroatoms. The van der Waals surface area contributed by atoms with Gasteiger partial charge in [0.2, 0.25) is 0 Å². The van der Waals surface area contributed by atoms with E-state index in [0.29, 0.717) is 5.92 Å². The zero-order valence-electron chi connectivity index (χ0n) is 11.3. The maximum atomic E-state index is 5.23. The number of methoxy groups -OCH3 is 1. The zero-order chi connectivity index (χ0) is 13.1. The van der Waals surface area contributed by atoms with Crippen LogP contribution in [0.3, 0.4) is 0 Å². The van der Waals surface area contributed by atoms with E-state index >= 15 is 0 Å². The van der Waals surface area contributed by atoms with Crippen LogP contribution in [0.2, 0.25) is 0 Å². The van der Waals surface area contributed by atoms with Gasteiger partial charge in [-0.2, -0.15) is 0 Å². The predicted molar refractivity (Wildman–Crippen MR) is 72.8 cm³/mol. The van der Waals surface area contributed by atoms with Crippen molar-refractivity contribution in [1.29, 1.82) is 0 Å². The van der Waals surface area contributed by atoms with Crippen molar-refractivity contribution in [2.45, 2.75) is 26.7 Å². The Balaban J connectivity index is 2.44. The summed E-state index contributed by atoms with van der Waals surface area (Å²) in [7, 11) is 1.67. The van der Waals surface area contributed by atoms with E-state index in [2.05, 4.69) is 23.8 Å². The monoisotopic (exact) mass is 242 g/mol. The highest BCUT2D eigenvalue weighted by Crippen LogP contribution is 2.24. The van der Waals surface area contributed by atoms with Crippen LogP contribution < -0.4 is 4.74 Å². The van der Waals surface area contributed by atoms with Crippen molar-refractivity contribution >= 4 is 0 Å². The molecule has 0 saturated carbocycles. The number of nitrogens with zero attached hydrogens (tertiary/aromatic N) is 2. The van der Waals surface area contributed by atoms with Crippen molar-refractivity contribution in [2.24, 2.45) is 0 Å². The van der Waals surface area contributed by atoms with Gasteiger partial charge in [0.05, 0.1) is 24.2 Å². The lowest BCUT2D eigenvalue weighted by Gasteiger charge is -2.09. The van der Waals surface area contributed by atoms with Gasteiger partial charge in [0.25, 0.3) is 0 Å². The first-order valence-electron chi connectivity index (χ1n) is 6.09. The van der Waals surface area contributed by atoms with Gasteiger partial charge in [0.1, 0.15) is 5.75 Å². The molecule has 0 N–H and O–H groups in total. The molecule has 0 spiro atoms. The minimum Gasteiger partial charge on any atom is -0.497 e. The molecule has 1 heterocycles. The average molecular weight is 242 g/mol. The van der Waals surface area contributed by atoms with E-state index in [4.69, 9.17) is 4.74 Å². The van der Waals surface area contributed by atoms with Crippen molar-refractivity contribution < 1.29 is 4.74 Å². The van der Waals surface area contributed by atoms with E-state index in [9.17, 15) is 0 Å². The van der Waals surface area contributed by atoms with Gasteiger partial charge in [-0.15, -0.1) is 0 Å². The first-order valence-corrected chi connectivity index (χ1v) is 6.09. The molecule has 0 atom stereocenters. The molecule has 0 aliphatic carbocycles. The summed E-state index contributed by atoms with van der Waals surface area (Å²) in [6, 6.07) is 7.89. The number of aromatic nitrogens is 2. The third kappa shape index (κ3) is 2.50. The summed E-state index contributed by atoms with van der Waals surface area (Å²) < 4.78 is 5.23. The predicted octanol–water partition coefficient (Wildman–Crippen LogP) is 3.58. The Kier molecular flexibility index (Phi) is 3.60. The molecule has 3 nitrogen and oxygen atoms in total. The Morgan fingerprint density at radius 2 is 2.00 bits per heavy atom. The van der Waals surface area contributed by atoms with Crippen molar-refractivity contribution in [2.75, 3.05) is 7.11 Å². The van der Waals surface area contributed by atoms with E-state index in [1.165, 1.54) is 0 Å². The number of hydrogen-bond acceptors (Lipinski definition) is 3. The minimum absolute atomic E-state index is 0.399. The minimum atomic E-state index is 0.399. The number of hydrogen-bond donors (Lipinski definition) is 0. The Bertz CT molecular complexity index is 550. The van der Waals surface area contributed by atoms with Crippen molar-refractivity contribution in [3.63, 3.8) is 0 Å². The molecule has 18 heavy (non-hydrogen) atoms. The third-order valence-corrected chi connectivity index (χ3v) is 2.90. The van der Waals surface area contributed by atoms with Crippen molar-refractivity contribution in [1.82, 2.24) is 9.97 Å². The number of benzene rings is 1. The molecule has 0 aliphatic heterocycles. The molecule has 0 bridgehead atoms. The summed E-state index contributed by atoms with van der Waals surface area (Å²) in [5.74, 6) is 1.23. The summed E-state index contributed by atoms with van der Waals surface area (Å²) in [4.78, 5) is 9.13. The summed E-state index contributed by atoms with van der Waals surface area (Å²) in [5.41, 5.74) is 3.93. The van der Waals surface area contributed by atoms with Crippen LogP contribution in [0.15, 0.2) is 30.5 Å². The highest BCUT2D eigenvalue weighted by Gasteiger charge is 2.09. The molecule has 0 aliphatic rings. The van der Waals surface area contributed by atoms with Crippen molar-refractivity contribution in [3.05, 3.63) is 41.9 Å². The van der Waals surface area contributed by atoms with E-state index in [1.807, 2.05) is 37.4 Å². The Hall–Kier alpha value is -1.90. The highest BCUT2D eigenvalue weighted by molar-refractivity contribution is 5.63. The fraction of sp³-hybridized carbons (Fsp3) is 0.333. The molecule has 94 valence electrons. The van der Waals surface area contributed by atoms with Crippen LogP contribution >= 0.6 is 0 Å².